The fraction of sp³-hybridized carbons (Fsp3) is 0.783. The lowest BCUT2D eigenvalue weighted by Crippen LogP contribution is -2.41. The molecule has 4 rings (SSSR count). The average molecular weight is 444 g/mol. The van der Waals surface area contributed by atoms with Gasteiger partial charge in [-0.2, -0.15) is 0 Å². The zero-order valence-corrected chi connectivity index (χ0v) is 20.6. The first-order valence-electron chi connectivity index (χ1n) is 11.8. The predicted molar refractivity (Wildman–Crippen MR) is 124 cm³/mol. The standard InChI is InChI=1S/C23H37BN4O4/c1-21(2,3)30-20(29)27-11-10-16(14-27)15-28(18-8-9-18)19-25-12-17(13-26-19)24-31-22(4,5)23(6,7)32-24/h12-13,16,18H,8-11,14-15H2,1-7H3/t16-/m1/s1. The highest BCUT2D eigenvalue weighted by molar-refractivity contribution is 6.61. The van der Waals surface area contributed by atoms with E-state index in [0.717, 1.165) is 43.8 Å². The minimum atomic E-state index is -0.470. The molecule has 1 saturated carbocycles. The van der Waals surface area contributed by atoms with Crippen LogP contribution < -0.4 is 10.4 Å². The molecule has 0 N–H and O–H groups in total. The van der Waals surface area contributed by atoms with Crippen molar-refractivity contribution >= 4 is 24.6 Å². The van der Waals surface area contributed by atoms with Gasteiger partial charge in [0.05, 0.1) is 11.2 Å². The molecule has 2 saturated heterocycles. The van der Waals surface area contributed by atoms with E-state index in [1.54, 1.807) is 0 Å². The Hall–Kier alpha value is -1.87. The smallest absolute Gasteiger partial charge is 0.444 e. The maximum Gasteiger partial charge on any atom is 0.498 e. The van der Waals surface area contributed by atoms with E-state index in [9.17, 15) is 4.79 Å². The maximum atomic E-state index is 12.4. The molecule has 1 amide bonds. The summed E-state index contributed by atoms with van der Waals surface area (Å²) in [5.74, 6) is 1.12. The van der Waals surface area contributed by atoms with Crippen molar-refractivity contribution in [2.45, 2.75) is 90.6 Å². The van der Waals surface area contributed by atoms with Gasteiger partial charge in [0.2, 0.25) is 5.95 Å². The van der Waals surface area contributed by atoms with E-state index in [1.165, 1.54) is 0 Å². The number of aromatic nitrogens is 2. The van der Waals surface area contributed by atoms with E-state index in [4.69, 9.17) is 14.0 Å². The Labute approximate surface area is 192 Å². The third kappa shape index (κ3) is 5.04. The molecule has 1 aromatic heterocycles. The van der Waals surface area contributed by atoms with Gasteiger partial charge in [0.1, 0.15) is 5.60 Å². The number of hydrogen-bond acceptors (Lipinski definition) is 7. The molecule has 0 radical (unpaired) electrons. The lowest BCUT2D eigenvalue weighted by atomic mass is 9.81. The summed E-state index contributed by atoms with van der Waals surface area (Å²) in [4.78, 5) is 25.9. The van der Waals surface area contributed by atoms with Crippen LogP contribution in [0.15, 0.2) is 12.4 Å². The molecule has 1 aromatic rings. The second-order valence-electron chi connectivity index (χ2n) is 11.4. The molecule has 3 heterocycles. The van der Waals surface area contributed by atoms with Crippen molar-refractivity contribution in [3.8, 4) is 0 Å². The summed E-state index contributed by atoms with van der Waals surface area (Å²) in [6.45, 7) is 16.2. The largest absolute Gasteiger partial charge is 0.498 e. The SMILES string of the molecule is CC(C)(C)OC(=O)N1CC[C@@H](CN(c2ncc(B3OC(C)(C)C(C)(C)O3)cn2)C2CC2)C1. The molecule has 0 bridgehead atoms. The minimum absolute atomic E-state index is 0.221. The second kappa shape index (κ2) is 8.17. The van der Waals surface area contributed by atoms with Crippen molar-refractivity contribution in [2.24, 2.45) is 5.92 Å². The number of anilines is 1. The van der Waals surface area contributed by atoms with E-state index in [1.807, 2.05) is 65.8 Å². The molecule has 1 atom stereocenters. The molecule has 32 heavy (non-hydrogen) atoms. The minimum Gasteiger partial charge on any atom is -0.444 e. The van der Waals surface area contributed by atoms with Crippen LogP contribution in [0.3, 0.4) is 0 Å². The Bertz CT molecular complexity index is 819. The molecule has 8 nitrogen and oxygen atoms in total. The highest BCUT2D eigenvalue weighted by Crippen LogP contribution is 2.36. The van der Waals surface area contributed by atoms with Crippen molar-refractivity contribution in [3.63, 3.8) is 0 Å². The van der Waals surface area contributed by atoms with Crippen LogP contribution in [0.5, 0.6) is 0 Å². The van der Waals surface area contributed by atoms with Gasteiger partial charge in [-0.15, -0.1) is 0 Å². The zero-order chi connectivity index (χ0) is 23.3. The summed E-state index contributed by atoms with van der Waals surface area (Å²) in [5, 5.41) is 0. The van der Waals surface area contributed by atoms with Gasteiger partial charge in [-0.25, -0.2) is 14.8 Å². The van der Waals surface area contributed by atoms with Crippen LogP contribution in [0.1, 0.15) is 67.7 Å². The van der Waals surface area contributed by atoms with Crippen molar-refractivity contribution in [2.75, 3.05) is 24.5 Å². The molecule has 0 unspecified atom stereocenters. The zero-order valence-electron chi connectivity index (χ0n) is 20.6. The van der Waals surface area contributed by atoms with Crippen LogP contribution in [0.25, 0.3) is 0 Å². The Morgan fingerprint density at radius 3 is 2.28 bits per heavy atom. The average Bonchev–Trinajstić information content (AvgIpc) is 3.35. The number of likely N-dealkylation sites (tertiary alicyclic amines) is 1. The van der Waals surface area contributed by atoms with Gasteiger partial charge in [0, 0.05) is 43.5 Å². The van der Waals surface area contributed by atoms with Crippen LogP contribution in [-0.4, -0.2) is 70.6 Å². The van der Waals surface area contributed by atoms with Crippen LogP contribution in [-0.2, 0) is 14.0 Å². The summed E-state index contributed by atoms with van der Waals surface area (Å²) in [5.41, 5.74) is -0.417. The first-order chi connectivity index (χ1) is 14.8. The maximum absolute atomic E-state index is 12.4. The molecular weight excluding hydrogens is 407 g/mol. The molecule has 2 aliphatic heterocycles. The molecule has 0 aromatic carbocycles. The summed E-state index contributed by atoms with van der Waals surface area (Å²) in [6.07, 6.45) is 6.70. The summed E-state index contributed by atoms with van der Waals surface area (Å²) >= 11 is 0. The molecule has 3 fully saturated rings. The number of amides is 1. The predicted octanol–water partition coefficient (Wildman–Crippen LogP) is 3.00. The quantitative estimate of drug-likeness (QED) is 0.647. The topological polar surface area (TPSA) is 77.0 Å². The van der Waals surface area contributed by atoms with Crippen LogP contribution in [0, 0.1) is 5.92 Å². The first-order valence-corrected chi connectivity index (χ1v) is 11.8. The van der Waals surface area contributed by atoms with Gasteiger partial charge < -0.3 is 23.8 Å². The molecular formula is C23H37BN4O4. The number of carbonyl (C=O) groups excluding carboxylic acids is 1. The molecule has 0 spiro atoms. The molecule has 1 aliphatic carbocycles. The van der Waals surface area contributed by atoms with E-state index in [2.05, 4.69) is 14.9 Å². The van der Waals surface area contributed by atoms with Gasteiger partial charge >= 0.3 is 13.2 Å². The molecule has 9 heteroatoms. The van der Waals surface area contributed by atoms with Crippen molar-refractivity contribution in [1.29, 1.82) is 0 Å². The molecule has 3 aliphatic rings. The van der Waals surface area contributed by atoms with Crippen LogP contribution in [0.4, 0.5) is 10.7 Å². The van der Waals surface area contributed by atoms with Gasteiger partial charge in [0.15, 0.2) is 0 Å². The lowest BCUT2D eigenvalue weighted by Gasteiger charge is -2.32. The van der Waals surface area contributed by atoms with E-state index in [0.29, 0.717) is 18.5 Å². The van der Waals surface area contributed by atoms with Crippen molar-refractivity contribution in [1.82, 2.24) is 14.9 Å². The lowest BCUT2D eigenvalue weighted by molar-refractivity contribution is 0.00578. The van der Waals surface area contributed by atoms with Crippen LogP contribution in [0.2, 0.25) is 0 Å². The van der Waals surface area contributed by atoms with Gasteiger partial charge in [0.25, 0.3) is 0 Å². The summed E-state index contributed by atoms with van der Waals surface area (Å²) < 4.78 is 17.8. The number of nitrogens with zero attached hydrogens (tertiary/aromatic N) is 4. The van der Waals surface area contributed by atoms with Gasteiger partial charge in [-0.1, -0.05) is 0 Å². The summed E-state index contributed by atoms with van der Waals surface area (Å²) in [6, 6.07) is 0.480. The van der Waals surface area contributed by atoms with Gasteiger partial charge in [-0.3, -0.25) is 0 Å². The monoisotopic (exact) mass is 444 g/mol. The number of rotatable bonds is 5. The van der Waals surface area contributed by atoms with E-state index in [-0.39, 0.29) is 6.09 Å². The van der Waals surface area contributed by atoms with Crippen molar-refractivity contribution < 1.29 is 18.8 Å². The Kier molecular flexibility index (Phi) is 5.95. The number of ether oxygens (including phenoxy) is 1. The van der Waals surface area contributed by atoms with Crippen molar-refractivity contribution in [3.05, 3.63) is 12.4 Å². The number of hydrogen-bond donors (Lipinski definition) is 0. The normalized spacial score (nSPS) is 24.7. The third-order valence-corrected chi connectivity index (χ3v) is 6.82. The molecule has 176 valence electrons. The fourth-order valence-electron chi connectivity index (χ4n) is 4.11. The third-order valence-electron chi connectivity index (χ3n) is 6.82. The van der Waals surface area contributed by atoms with Crippen LogP contribution >= 0.6 is 0 Å². The van der Waals surface area contributed by atoms with Gasteiger partial charge in [-0.05, 0) is 73.6 Å². The Morgan fingerprint density at radius 1 is 1.16 bits per heavy atom. The first kappa shape index (κ1) is 23.3. The Morgan fingerprint density at radius 2 is 1.75 bits per heavy atom. The number of carbonyl (C=O) groups is 1. The highest BCUT2D eigenvalue weighted by atomic mass is 16.7. The van der Waals surface area contributed by atoms with E-state index < -0.39 is 23.9 Å². The second-order valence-corrected chi connectivity index (χ2v) is 11.4. The Balaban J connectivity index is 1.39. The fourth-order valence-corrected chi connectivity index (χ4v) is 4.11. The highest BCUT2D eigenvalue weighted by Gasteiger charge is 2.52. The van der Waals surface area contributed by atoms with E-state index >= 15 is 0 Å². The summed E-state index contributed by atoms with van der Waals surface area (Å²) in [7, 11) is -0.458.